The van der Waals surface area contributed by atoms with Crippen molar-refractivity contribution in [2.24, 2.45) is 0 Å². The minimum Gasteiger partial charge on any atom is -0.282 e. The smallest absolute Gasteiger partial charge is 0.282 e. The van der Waals surface area contributed by atoms with Crippen molar-refractivity contribution in [3.05, 3.63) is 23.3 Å². The molecule has 0 aliphatic carbocycles. The van der Waals surface area contributed by atoms with Gasteiger partial charge in [0.05, 0.1) is 0 Å². The topological polar surface area (TPSA) is 9.23 Å². The third kappa shape index (κ3) is 6.74. The molecule has 0 aromatic carbocycles. The van der Waals surface area contributed by atoms with E-state index in [0.29, 0.717) is 0 Å². The van der Waals surface area contributed by atoms with Crippen molar-refractivity contribution in [2.75, 3.05) is 0 Å². The minimum atomic E-state index is -8.09. The number of rotatable bonds is 8. The van der Waals surface area contributed by atoms with Gasteiger partial charge >= 0.3 is 48.3 Å². The predicted octanol–water partition coefficient (Wildman–Crippen LogP) is 8.83. The van der Waals surface area contributed by atoms with Crippen LogP contribution in [0.4, 0.5) is 105 Å². The molecule has 0 spiro atoms. The summed E-state index contributed by atoms with van der Waals surface area (Å²) in [6.07, 6.45) is -42.7. The van der Waals surface area contributed by atoms with Crippen molar-refractivity contribution in [2.45, 2.75) is 60.6 Å². The molecule has 1 nitrogen and oxygen atoms in total. The average molecular weight is 642 g/mol. The van der Waals surface area contributed by atoms with Gasteiger partial charge in [-0.1, -0.05) is 0 Å². The molecule has 0 aromatic rings. The fourth-order valence-corrected chi connectivity index (χ4v) is 1.86. The van der Waals surface area contributed by atoms with Gasteiger partial charge in [0.1, 0.15) is 0 Å². The molecule has 0 saturated heterocycles. The molecule has 0 saturated carbocycles. The summed E-state index contributed by atoms with van der Waals surface area (Å²) in [5.41, 5.74) is 0. The SMILES string of the molecule is FC(=C(F)C(F)(OC(F)(C(F)=C(F)C(F)(F)C(F)C(F)(F)F)C(F)(F)F)C(F)(F)F)C(F)(F)C(F)C(F)(F)F. The number of ether oxygens (including phenoxy) is 1. The molecule has 0 aliphatic heterocycles. The molecule has 0 N–H and O–H groups in total. The van der Waals surface area contributed by atoms with E-state index in [9.17, 15) is 105 Å². The van der Waals surface area contributed by atoms with Crippen LogP contribution in [0.3, 0.4) is 0 Å². The number of allylic oxidation sites excluding steroid dienone is 2. The van der Waals surface area contributed by atoms with E-state index in [2.05, 4.69) is 0 Å². The molecule has 0 fully saturated rings. The number of alkyl halides is 20. The maximum Gasteiger partial charge on any atom is 0.456 e. The Morgan fingerprint density at radius 1 is 0.385 bits per heavy atom. The molecule has 0 bridgehead atoms. The first-order chi connectivity index (χ1) is 16.6. The monoisotopic (exact) mass is 642 g/mol. The van der Waals surface area contributed by atoms with Gasteiger partial charge < -0.3 is 0 Å². The van der Waals surface area contributed by atoms with Gasteiger partial charge in [-0.2, -0.15) is 79.0 Å². The van der Waals surface area contributed by atoms with Gasteiger partial charge in [-0.3, -0.25) is 4.74 Å². The van der Waals surface area contributed by atoms with Gasteiger partial charge in [0.15, 0.2) is 0 Å². The standard InChI is InChI=1S/C14H2F24O/c15-1(7(21,22)5(19)11(27,28)29)3(17)9(25,13(33,34)35)39-10(26,14(36,37)38)4(18)2(16)8(23,24)6(20)12(30,31)32/h5-6H. The fourth-order valence-electron chi connectivity index (χ4n) is 1.86. The third-order valence-electron chi connectivity index (χ3n) is 3.76. The van der Waals surface area contributed by atoms with Crippen molar-refractivity contribution < 1.29 is 110 Å². The lowest BCUT2D eigenvalue weighted by Gasteiger charge is -2.35. The highest BCUT2D eigenvalue weighted by atomic mass is 19.4. The first-order valence-corrected chi connectivity index (χ1v) is 8.16. The van der Waals surface area contributed by atoms with Crippen molar-refractivity contribution in [1.29, 1.82) is 0 Å². The van der Waals surface area contributed by atoms with Crippen LogP contribution in [-0.4, -0.2) is 60.6 Å². The first-order valence-electron chi connectivity index (χ1n) is 8.16. The Kier molecular flexibility index (Phi) is 9.71. The summed E-state index contributed by atoms with van der Waals surface area (Å²) in [7, 11) is 0. The summed E-state index contributed by atoms with van der Waals surface area (Å²) in [5.74, 6) is -52.7. The van der Waals surface area contributed by atoms with Gasteiger partial charge in [0.25, 0.3) is 12.3 Å². The van der Waals surface area contributed by atoms with E-state index in [1.807, 2.05) is 0 Å². The summed E-state index contributed by atoms with van der Waals surface area (Å²) in [4.78, 5) is 0. The highest BCUT2D eigenvalue weighted by Gasteiger charge is 2.76. The van der Waals surface area contributed by atoms with E-state index in [4.69, 9.17) is 0 Å². The van der Waals surface area contributed by atoms with E-state index in [-0.39, 0.29) is 0 Å². The van der Waals surface area contributed by atoms with Crippen LogP contribution in [0.5, 0.6) is 0 Å². The Bertz CT molecular complexity index is 870. The molecule has 0 heterocycles. The van der Waals surface area contributed by atoms with Gasteiger partial charge in [-0.15, -0.1) is 0 Å². The molecule has 4 unspecified atom stereocenters. The van der Waals surface area contributed by atoms with Gasteiger partial charge in [-0.25, -0.2) is 26.3 Å². The highest BCUT2D eigenvalue weighted by molar-refractivity contribution is 5.25. The van der Waals surface area contributed by atoms with Crippen molar-refractivity contribution >= 4 is 0 Å². The molecule has 25 heteroatoms. The first kappa shape index (κ1) is 36.8. The normalized spacial score (nSPS) is 20.9. The molecule has 0 amide bonds. The van der Waals surface area contributed by atoms with Gasteiger partial charge in [-0.05, 0) is 0 Å². The van der Waals surface area contributed by atoms with Gasteiger partial charge in [0.2, 0.25) is 23.3 Å². The second kappa shape index (κ2) is 10.3. The van der Waals surface area contributed by atoms with E-state index in [1.165, 1.54) is 4.74 Å². The summed E-state index contributed by atoms with van der Waals surface area (Å²) < 4.78 is 310. The lowest BCUT2D eigenvalue weighted by molar-refractivity contribution is -0.418. The van der Waals surface area contributed by atoms with E-state index >= 15 is 0 Å². The van der Waals surface area contributed by atoms with Crippen LogP contribution in [0.15, 0.2) is 23.3 Å². The number of hydrogen-bond donors (Lipinski definition) is 0. The Hall–Kier alpha value is -2.24. The molecule has 39 heavy (non-hydrogen) atoms. The summed E-state index contributed by atoms with van der Waals surface area (Å²) >= 11 is 0. The summed E-state index contributed by atoms with van der Waals surface area (Å²) in [5, 5.41) is 0. The van der Waals surface area contributed by atoms with Crippen LogP contribution in [-0.2, 0) is 4.74 Å². The quantitative estimate of drug-likeness (QED) is 0.241. The lowest BCUT2D eigenvalue weighted by atomic mass is 10.1. The van der Waals surface area contributed by atoms with E-state index in [0.717, 1.165) is 0 Å². The Balaban J connectivity index is 7.50. The van der Waals surface area contributed by atoms with Crippen LogP contribution in [0.25, 0.3) is 0 Å². The third-order valence-corrected chi connectivity index (χ3v) is 3.76. The molecular formula is C14H2F24O. The van der Waals surface area contributed by atoms with E-state index < -0.39 is 83.9 Å². The van der Waals surface area contributed by atoms with Crippen LogP contribution in [0, 0.1) is 0 Å². The molecule has 0 rings (SSSR count). The van der Waals surface area contributed by atoms with Crippen molar-refractivity contribution in [1.82, 2.24) is 0 Å². The second-order valence-electron chi connectivity index (χ2n) is 6.60. The lowest BCUT2D eigenvalue weighted by Crippen LogP contribution is -2.57. The zero-order valence-corrected chi connectivity index (χ0v) is 16.6. The summed E-state index contributed by atoms with van der Waals surface area (Å²) in [6, 6.07) is 0. The van der Waals surface area contributed by atoms with Crippen molar-refractivity contribution in [3.63, 3.8) is 0 Å². The minimum absolute atomic E-state index is 1.44. The zero-order chi connectivity index (χ0) is 32.2. The second-order valence-corrected chi connectivity index (χ2v) is 6.60. The Labute approximate surface area is 195 Å². The maximum absolute atomic E-state index is 14.1. The molecule has 4 atom stereocenters. The van der Waals surface area contributed by atoms with Crippen LogP contribution >= 0.6 is 0 Å². The number of halogens is 24. The molecule has 0 aromatic heterocycles. The van der Waals surface area contributed by atoms with Crippen LogP contribution in [0.1, 0.15) is 0 Å². The Morgan fingerprint density at radius 3 is 0.744 bits per heavy atom. The van der Waals surface area contributed by atoms with Gasteiger partial charge in [0, 0.05) is 0 Å². The van der Waals surface area contributed by atoms with Crippen molar-refractivity contribution in [3.8, 4) is 0 Å². The average Bonchev–Trinajstić information content (AvgIpc) is 2.72. The molecule has 232 valence electrons. The van der Waals surface area contributed by atoms with Crippen LogP contribution in [0.2, 0.25) is 0 Å². The maximum atomic E-state index is 14.1. The molecule has 0 aliphatic rings. The largest absolute Gasteiger partial charge is 0.456 e. The summed E-state index contributed by atoms with van der Waals surface area (Å²) in [6.45, 7) is 0. The number of hydrogen-bond acceptors (Lipinski definition) is 1. The molecular weight excluding hydrogens is 640 g/mol. The Morgan fingerprint density at radius 2 is 0.590 bits per heavy atom. The predicted molar refractivity (Wildman–Crippen MR) is 71.2 cm³/mol. The van der Waals surface area contributed by atoms with Crippen LogP contribution < -0.4 is 0 Å². The molecule has 0 radical (unpaired) electrons. The zero-order valence-electron chi connectivity index (χ0n) is 16.6. The van der Waals surface area contributed by atoms with E-state index in [1.54, 1.807) is 0 Å². The fraction of sp³-hybridized carbons (Fsp3) is 0.714. The highest BCUT2D eigenvalue weighted by Crippen LogP contribution is 2.55.